The van der Waals surface area contributed by atoms with Gasteiger partial charge in [0.15, 0.2) is 0 Å². The van der Waals surface area contributed by atoms with Crippen molar-refractivity contribution in [1.82, 2.24) is 4.90 Å². The maximum absolute atomic E-state index is 12.9. The van der Waals surface area contributed by atoms with Crippen molar-refractivity contribution in [3.05, 3.63) is 78.7 Å². The van der Waals surface area contributed by atoms with Crippen molar-refractivity contribution in [2.45, 2.75) is 39.0 Å². The fraction of sp³-hybridized carbons (Fsp3) is 0.391. The molecule has 26 heavy (non-hydrogen) atoms. The molecule has 1 aliphatic heterocycles. The maximum atomic E-state index is 12.9. The predicted octanol–water partition coefficient (Wildman–Crippen LogP) is 4.53. The summed E-state index contributed by atoms with van der Waals surface area (Å²) in [5.41, 5.74) is 1.79. The zero-order chi connectivity index (χ0) is 18.7. The Kier molecular flexibility index (Phi) is 5.47. The van der Waals surface area contributed by atoms with Gasteiger partial charge in [0.2, 0.25) is 0 Å². The van der Waals surface area contributed by atoms with Crippen molar-refractivity contribution in [3.8, 4) is 0 Å². The highest BCUT2D eigenvalue weighted by atomic mass is 16.6. The van der Waals surface area contributed by atoms with Crippen LogP contribution < -0.4 is 0 Å². The normalized spacial score (nSPS) is 23.8. The number of nitrogens with zero attached hydrogens (tertiary/aromatic N) is 1. The van der Waals surface area contributed by atoms with Crippen LogP contribution in [0.25, 0.3) is 0 Å². The Morgan fingerprint density at radius 1 is 1.08 bits per heavy atom. The lowest BCUT2D eigenvalue weighted by Gasteiger charge is -2.30. The molecular weight excluding hydrogens is 322 g/mol. The van der Waals surface area contributed by atoms with Gasteiger partial charge in [-0.05, 0) is 44.7 Å². The van der Waals surface area contributed by atoms with Crippen LogP contribution in [0.2, 0.25) is 0 Å². The SMILES string of the molecule is [CH]C1CN(Cc2ccccc2)C(c2ccccc2)C1C(=O)OC(C)(C)C. The molecule has 3 nitrogen and oxygen atoms in total. The van der Waals surface area contributed by atoms with Crippen LogP contribution in [0, 0.1) is 18.8 Å². The maximum Gasteiger partial charge on any atom is 0.311 e. The Morgan fingerprint density at radius 3 is 2.23 bits per heavy atom. The van der Waals surface area contributed by atoms with Crippen molar-refractivity contribution in [1.29, 1.82) is 0 Å². The molecule has 0 amide bonds. The van der Waals surface area contributed by atoms with E-state index in [1.807, 2.05) is 57.2 Å². The third-order valence-electron chi connectivity index (χ3n) is 4.69. The van der Waals surface area contributed by atoms with Gasteiger partial charge in [-0.15, -0.1) is 0 Å². The van der Waals surface area contributed by atoms with Gasteiger partial charge >= 0.3 is 5.97 Å². The summed E-state index contributed by atoms with van der Waals surface area (Å²) >= 11 is 0. The molecule has 2 aromatic carbocycles. The fourth-order valence-electron chi connectivity index (χ4n) is 3.68. The van der Waals surface area contributed by atoms with Gasteiger partial charge in [-0.3, -0.25) is 9.69 Å². The van der Waals surface area contributed by atoms with E-state index in [4.69, 9.17) is 11.7 Å². The van der Waals surface area contributed by atoms with Crippen LogP contribution in [-0.4, -0.2) is 23.0 Å². The van der Waals surface area contributed by atoms with Crippen LogP contribution in [0.5, 0.6) is 0 Å². The number of ether oxygens (including phenoxy) is 1. The predicted molar refractivity (Wildman–Crippen MR) is 103 cm³/mol. The molecule has 3 unspecified atom stereocenters. The Hall–Kier alpha value is -2.13. The van der Waals surface area contributed by atoms with Gasteiger partial charge in [0.05, 0.1) is 5.92 Å². The van der Waals surface area contributed by atoms with Crippen molar-refractivity contribution < 1.29 is 9.53 Å². The van der Waals surface area contributed by atoms with E-state index in [9.17, 15) is 4.79 Å². The summed E-state index contributed by atoms with van der Waals surface area (Å²) in [7, 11) is 0. The monoisotopic (exact) mass is 349 g/mol. The number of rotatable bonds is 4. The molecule has 2 radical (unpaired) electrons. The molecule has 1 aliphatic rings. The smallest absolute Gasteiger partial charge is 0.311 e. The van der Waals surface area contributed by atoms with Crippen LogP contribution in [0.4, 0.5) is 0 Å². The number of carbonyl (C=O) groups is 1. The Bertz CT molecular complexity index is 721. The molecule has 2 aromatic rings. The van der Waals surface area contributed by atoms with Gasteiger partial charge in [0.1, 0.15) is 5.60 Å². The lowest BCUT2D eigenvalue weighted by molar-refractivity contribution is -0.162. The van der Waals surface area contributed by atoms with E-state index in [0.29, 0.717) is 6.54 Å². The molecule has 3 heteroatoms. The molecule has 1 heterocycles. The Labute approximate surface area is 157 Å². The lowest BCUT2D eigenvalue weighted by atomic mass is 9.87. The highest BCUT2D eigenvalue weighted by Gasteiger charge is 2.46. The van der Waals surface area contributed by atoms with Gasteiger partial charge in [-0.25, -0.2) is 0 Å². The molecule has 3 atom stereocenters. The molecule has 3 rings (SSSR count). The fourth-order valence-corrected chi connectivity index (χ4v) is 3.68. The van der Waals surface area contributed by atoms with Gasteiger partial charge < -0.3 is 4.74 Å². The molecule has 0 bridgehead atoms. The summed E-state index contributed by atoms with van der Waals surface area (Å²) in [6.45, 7) is 13.5. The first-order valence-corrected chi connectivity index (χ1v) is 9.16. The minimum atomic E-state index is -0.523. The number of benzene rings is 2. The molecule has 1 fully saturated rings. The van der Waals surface area contributed by atoms with E-state index in [1.54, 1.807) is 0 Å². The highest BCUT2D eigenvalue weighted by molar-refractivity contribution is 5.75. The number of likely N-dealkylation sites (tertiary alicyclic amines) is 1. The van der Waals surface area contributed by atoms with E-state index >= 15 is 0 Å². The highest BCUT2D eigenvalue weighted by Crippen LogP contribution is 2.42. The quantitative estimate of drug-likeness (QED) is 0.760. The summed E-state index contributed by atoms with van der Waals surface area (Å²) in [6, 6.07) is 20.3. The zero-order valence-corrected chi connectivity index (χ0v) is 15.8. The lowest BCUT2D eigenvalue weighted by Crippen LogP contribution is -2.34. The van der Waals surface area contributed by atoms with Crippen LogP contribution in [0.15, 0.2) is 60.7 Å². The van der Waals surface area contributed by atoms with Crippen LogP contribution in [0.3, 0.4) is 0 Å². The summed E-state index contributed by atoms with van der Waals surface area (Å²) < 4.78 is 5.70. The Morgan fingerprint density at radius 2 is 1.65 bits per heavy atom. The minimum absolute atomic E-state index is 0.0822. The summed E-state index contributed by atoms with van der Waals surface area (Å²) in [5, 5.41) is 0. The first kappa shape index (κ1) is 18.7. The largest absolute Gasteiger partial charge is 0.460 e. The van der Waals surface area contributed by atoms with E-state index < -0.39 is 5.60 Å². The third kappa shape index (κ3) is 4.34. The minimum Gasteiger partial charge on any atom is -0.460 e. The topological polar surface area (TPSA) is 29.5 Å². The molecule has 0 aliphatic carbocycles. The first-order chi connectivity index (χ1) is 12.3. The second kappa shape index (κ2) is 7.63. The third-order valence-corrected chi connectivity index (χ3v) is 4.69. The molecule has 0 aromatic heterocycles. The molecule has 0 saturated carbocycles. The van der Waals surface area contributed by atoms with E-state index in [2.05, 4.69) is 29.2 Å². The summed E-state index contributed by atoms with van der Waals surface area (Å²) in [4.78, 5) is 15.2. The van der Waals surface area contributed by atoms with E-state index in [1.165, 1.54) is 5.56 Å². The van der Waals surface area contributed by atoms with Crippen molar-refractivity contribution in [3.63, 3.8) is 0 Å². The summed E-state index contributed by atoms with van der Waals surface area (Å²) in [6.07, 6.45) is 0. The van der Waals surface area contributed by atoms with Crippen LogP contribution >= 0.6 is 0 Å². The Balaban J connectivity index is 1.91. The van der Waals surface area contributed by atoms with Gasteiger partial charge in [-0.1, -0.05) is 60.7 Å². The van der Waals surface area contributed by atoms with Gasteiger partial charge in [0, 0.05) is 19.1 Å². The van der Waals surface area contributed by atoms with Crippen LogP contribution in [0.1, 0.15) is 37.9 Å². The summed E-state index contributed by atoms with van der Waals surface area (Å²) in [5.74, 6) is -0.839. The zero-order valence-electron chi connectivity index (χ0n) is 15.8. The molecule has 1 saturated heterocycles. The standard InChI is InChI=1S/C23H27NO2/c1-17-15-24(16-18-11-7-5-8-12-18)21(19-13-9-6-10-14-19)20(17)22(25)26-23(2,3)4/h1,5-14,17,20-21H,15-16H2,2-4H3. The molecular formula is C23H27NO2. The number of hydrogen-bond acceptors (Lipinski definition) is 3. The van der Waals surface area contributed by atoms with E-state index in [-0.39, 0.29) is 23.8 Å². The average molecular weight is 349 g/mol. The average Bonchev–Trinajstić information content (AvgIpc) is 2.91. The van der Waals surface area contributed by atoms with E-state index in [0.717, 1.165) is 12.1 Å². The van der Waals surface area contributed by atoms with Gasteiger partial charge in [0.25, 0.3) is 0 Å². The first-order valence-electron chi connectivity index (χ1n) is 9.16. The number of esters is 1. The van der Waals surface area contributed by atoms with Crippen molar-refractivity contribution in [2.75, 3.05) is 6.54 Å². The second-order valence-electron chi connectivity index (χ2n) is 7.99. The van der Waals surface area contributed by atoms with Crippen LogP contribution in [-0.2, 0) is 16.1 Å². The molecule has 0 spiro atoms. The second-order valence-corrected chi connectivity index (χ2v) is 7.99. The number of carbonyl (C=O) groups excluding carboxylic acids is 1. The van der Waals surface area contributed by atoms with Crippen molar-refractivity contribution >= 4 is 5.97 Å². The number of hydrogen-bond donors (Lipinski definition) is 0. The molecule has 136 valence electrons. The van der Waals surface area contributed by atoms with Crippen molar-refractivity contribution in [2.24, 2.45) is 11.8 Å². The molecule has 0 N–H and O–H groups in total. The van der Waals surface area contributed by atoms with Gasteiger partial charge in [-0.2, -0.15) is 0 Å².